The van der Waals surface area contributed by atoms with Gasteiger partial charge in [0.15, 0.2) is 5.57 Å². The first kappa shape index (κ1) is 20.2. The highest BCUT2D eigenvalue weighted by atomic mass is 16.5. The summed E-state index contributed by atoms with van der Waals surface area (Å²) in [7, 11) is 1.21. The number of likely N-dealkylation sites (N-methyl/N-ethyl adjacent to an activating group) is 1. The van der Waals surface area contributed by atoms with Gasteiger partial charge in [-0.25, -0.2) is 4.79 Å². The van der Waals surface area contributed by atoms with Crippen molar-refractivity contribution in [2.24, 2.45) is 0 Å². The Balaban J connectivity index is 2.58. The first-order valence-corrected chi connectivity index (χ1v) is 8.11. The molecular formula is C18H24N4O3. The minimum atomic E-state index is -0.709. The van der Waals surface area contributed by atoms with E-state index in [9.17, 15) is 9.59 Å². The van der Waals surface area contributed by atoms with Gasteiger partial charge in [-0.3, -0.25) is 4.79 Å². The predicted molar refractivity (Wildman–Crippen MR) is 95.9 cm³/mol. The monoisotopic (exact) mass is 344 g/mol. The molecule has 0 fully saturated rings. The van der Waals surface area contributed by atoms with E-state index in [2.05, 4.69) is 34.1 Å². The fourth-order valence-corrected chi connectivity index (χ4v) is 2.09. The normalized spacial score (nSPS) is 10.9. The standard InChI is InChI=1S/C18H24N4O3/c1-4-22(5-2)11-10-20-17(23)14-6-8-16(9-7-14)21-13-15(12-19)18(24)25-3/h6-9,13,21H,4-5,10-11H2,1-3H3,(H,20,23)/b15-13-. The molecule has 0 aromatic heterocycles. The maximum Gasteiger partial charge on any atom is 0.350 e. The van der Waals surface area contributed by atoms with Gasteiger partial charge in [-0.1, -0.05) is 13.8 Å². The second kappa shape index (κ2) is 10.8. The lowest BCUT2D eigenvalue weighted by Gasteiger charge is -2.17. The number of esters is 1. The quantitative estimate of drug-likeness (QED) is 0.403. The van der Waals surface area contributed by atoms with E-state index in [1.807, 2.05) is 0 Å². The summed E-state index contributed by atoms with van der Waals surface area (Å²) < 4.78 is 4.49. The number of hydrogen-bond acceptors (Lipinski definition) is 6. The van der Waals surface area contributed by atoms with Gasteiger partial charge in [-0.15, -0.1) is 0 Å². The molecule has 1 rings (SSSR count). The first-order chi connectivity index (χ1) is 12.0. The molecule has 0 radical (unpaired) electrons. The number of nitriles is 1. The highest BCUT2D eigenvalue weighted by molar-refractivity contribution is 5.95. The van der Waals surface area contributed by atoms with Gasteiger partial charge >= 0.3 is 5.97 Å². The van der Waals surface area contributed by atoms with Crippen molar-refractivity contribution in [2.45, 2.75) is 13.8 Å². The molecule has 1 amide bonds. The Kier molecular flexibility index (Phi) is 8.75. The number of amides is 1. The SMILES string of the molecule is CCN(CC)CCNC(=O)c1ccc(N/C=C(/C#N)C(=O)OC)cc1. The summed E-state index contributed by atoms with van der Waals surface area (Å²) in [5.74, 6) is -0.847. The van der Waals surface area contributed by atoms with E-state index in [0.29, 0.717) is 17.8 Å². The number of hydrogen-bond donors (Lipinski definition) is 2. The minimum absolute atomic E-state index is 0.137. The number of nitrogens with one attached hydrogen (secondary N) is 2. The van der Waals surface area contributed by atoms with Crippen LogP contribution in [-0.2, 0) is 9.53 Å². The van der Waals surface area contributed by atoms with Crippen LogP contribution in [0.3, 0.4) is 0 Å². The first-order valence-electron chi connectivity index (χ1n) is 8.11. The second-order valence-corrected chi connectivity index (χ2v) is 5.17. The third-order valence-corrected chi connectivity index (χ3v) is 3.66. The van der Waals surface area contributed by atoms with Crippen molar-refractivity contribution in [1.29, 1.82) is 5.26 Å². The summed E-state index contributed by atoms with van der Waals surface area (Å²) in [6.07, 6.45) is 1.27. The van der Waals surface area contributed by atoms with Crippen LogP contribution in [0, 0.1) is 11.3 Å². The van der Waals surface area contributed by atoms with Crippen molar-refractivity contribution in [3.8, 4) is 6.07 Å². The molecule has 1 aromatic carbocycles. The lowest BCUT2D eigenvalue weighted by molar-refractivity contribution is -0.135. The fourth-order valence-electron chi connectivity index (χ4n) is 2.09. The van der Waals surface area contributed by atoms with E-state index < -0.39 is 5.97 Å². The highest BCUT2D eigenvalue weighted by Crippen LogP contribution is 2.10. The molecule has 0 atom stereocenters. The average molecular weight is 344 g/mol. The third-order valence-electron chi connectivity index (χ3n) is 3.66. The molecule has 0 spiro atoms. The Morgan fingerprint density at radius 3 is 2.40 bits per heavy atom. The zero-order valence-electron chi connectivity index (χ0n) is 14.8. The molecule has 7 heteroatoms. The van der Waals surface area contributed by atoms with Crippen LogP contribution in [0.15, 0.2) is 36.0 Å². The molecule has 134 valence electrons. The molecule has 0 unspecified atom stereocenters. The summed E-state index contributed by atoms with van der Waals surface area (Å²) >= 11 is 0. The Morgan fingerprint density at radius 2 is 1.88 bits per heavy atom. The van der Waals surface area contributed by atoms with Crippen LogP contribution in [0.1, 0.15) is 24.2 Å². The van der Waals surface area contributed by atoms with Crippen LogP contribution in [0.4, 0.5) is 5.69 Å². The van der Waals surface area contributed by atoms with Crippen LogP contribution >= 0.6 is 0 Å². The number of carbonyl (C=O) groups is 2. The van der Waals surface area contributed by atoms with Gasteiger partial charge in [0.2, 0.25) is 0 Å². The maximum atomic E-state index is 12.1. The highest BCUT2D eigenvalue weighted by Gasteiger charge is 2.08. The molecule has 0 saturated carbocycles. The Labute approximate surface area is 148 Å². The van der Waals surface area contributed by atoms with Gasteiger partial charge < -0.3 is 20.3 Å². The number of nitrogens with zero attached hydrogens (tertiary/aromatic N) is 2. The van der Waals surface area contributed by atoms with Crippen LogP contribution in [0.25, 0.3) is 0 Å². The van der Waals surface area contributed by atoms with Crippen LogP contribution in [0.2, 0.25) is 0 Å². The van der Waals surface area contributed by atoms with Gasteiger partial charge in [-0.05, 0) is 37.4 Å². The molecule has 0 saturated heterocycles. The number of rotatable bonds is 9. The molecule has 0 aliphatic carbocycles. The van der Waals surface area contributed by atoms with E-state index in [-0.39, 0.29) is 11.5 Å². The molecule has 7 nitrogen and oxygen atoms in total. The third kappa shape index (κ3) is 6.65. The molecular weight excluding hydrogens is 320 g/mol. The van der Waals surface area contributed by atoms with E-state index >= 15 is 0 Å². The van der Waals surface area contributed by atoms with Gasteiger partial charge in [-0.2, -0.15) is 5.26 Å². The van der Waals surface area contributed by atoms with Crippen molar-refractivity contribution in [3.05, 3.63) is 41.6 Å². The number of ether oxygens (including phenoxy) is 1. The van der Waals surface area contributed by atoms with Crippen molar-refractivity contribution in [2.75, 3.05) is 38.6 Å². The summed E-state index contributed by atoms with van der Waals surface area (Å²) in [6, 6.07) is 8.49. The predicted octanol–water partition coefficient (Wildman–Crippen LogP) is 1.75. The number of carbonyl (C=O) groups excluding carboxylic acids is 2. The maximum absolute atomic E-state index is 12.1. The van der Waals surface area contributed by atoms with E-state index in [1.54, 1.807) is 30.3 Å². The largest absolute Gasteiger partial charge is 0.465 e. The van der Waals surface area contributed by atoms with Gasteiger partial charge in [0.1, 0.15) is 6.07 Å². The zero-order valence-corrected chi connectivity index (χ0v) is 14.8. The second-order valence-electron chi connectivity index (χ2n) is 5.17. The van der Waals surface area contributed by atoms with Crippen molar-refractivity contribution >= 4 is 17.6 Å². The van der Waals surface area contributed by atoms with Gasteiger partial charge in [0, 0.05) is 30.5 Å². The molecule has 0 aliphatic rings. The minimum Gasteiger partial charge on any atom is -0.465 e. The van der Waals surface area contributed by atoms with Gasteiger partial charge in [0.05, 0.1) is 7.11 Å². The van der Waals surface area contributed by atoms with Crippen LogP contribution < -0.4 is 10.6 Å². The smallest absolute Gasteiger partial charge is 0.350 e. The molecule has 0 aliphatic heterocycles. The summed E-state index contributed by atoms with van der Waals surface area (Å²) in [5, 5.41) is 14.6. The van der Waals surface area contributed by atoms with Gasteiger partial charge in [0.25, 0.3) is 5.91 Å². The lowest BCUT2D eigenvalue weighted by Crippen LogP contribution is -2.34. The summed E-state index contributed by atoms with van der Waals surface area (Å²) in [4.78, 5) is 25.6. The van der Waals surface area contributed by atoms with Crippen molar-refractivity contribution < 1.29 is 14.3 Å². The van der Waals surface area contributed by atoms with Crippen molar-refractivity contribution in [1.82, 2.24) is 10.2 Å². The summed E-state index contributed by atoms with van der Waals surface area (Å²) in [6.45, 7) is 7.49. The fraction of sp³-hybridized carbons (Fsp3) is 0.389. The lowest BCUT2D eigenvalue weighted by atomic mass is 10.2. The number of anilines is 1. The molecule has 1 aromatic rings. The number of methoxy groups -OCH3 is 1. The number of benzene rings is 1. The molecule has 2 N–H and O–H groups in total. The average Bonchev–Trinajstić information content (AvgIpc) is 2.65. The molecule has 0 heterocycles. The van der Waals surface area contributed by atoms with Crippen LogP contribution in [0.5, 0.6) is 0 Å². The van der Waals surface area contributed by atoms with E-state index in [4.69, 9.17) is 5.26 Å². The van der Waals surface area contributed by atoms with E-state index in [0.717, 1.165) is 19.6 Å². The molecule has 25 heavy (non-hydrogen) atoms. The Morgan fingerprint density at radius 1 is 1.24 bits per heavy atom. The van der Waals surface area contributed by atoms with E-state index in [1.165, 1.54) is 13.3 Å². The Hall–Kier alpha value is -2.85. The topological polar surface area (TPSA) is 94.5 Å². The van der Waals surface area contributed by atoms with Crippen LogP contribution in [-0.4, -0.2) is 50.1 Å². The summed E-state index contributed by atoms with van der Waals surface area (Å²) in [5.41, 5.74) is 1.06. The zero-order chi connectivity index (χ0) is 18.7. The molecule has 0 bridgehead atoms. The van der Waals surface area contributed by atoms with Crippen molar-refractivity contribution in [3.63, 3.8) is 0 Å². The Bertz CT molecular complexity index is 643.